The van der Waals surface area contributed by atoms with Crippen molar-refractivity contribution in [2.24, 2.45) is 0 Å². The van der Waals surface area contributed by atoms with Crippen molar-refractivity contribution < 1.29 is 19.4 Å². The van der Waals surface area contributed by atoms with Crippen LogP contribution in [0.15, 0.2) is 54.6 Å². The van der Waals surface area contributed by atoms with Crippen molar-refractivity contribution in [2.75, 3.05) is 19.7 Å². The number of pyridine rings is 2. The van der Waals surface area contributed by atoms with Gasteiger partial charge in [0.25, 0.3) is 0 Å². The van der Waals surface area contributed by atoms with Crippen LogP contribution >= 0.6 is 11.6 Å². The highest BCUT2D eigenvalue weighted by atomic mass is 35.5. The summed E-state index contributed by atoms with van der Waals surface area (Å²) in [6, 6.07) is 17.0. The number of carbonyl (C=O) groups is 1. The largest absolute Gasteiger partial charge is 0.477 e. The number of ether oxygens (including phenoxy) is 2. The van der Waals surface area contributed by atoms with Crippen molar-refractivity contribution in [3.63, 3.8) is 0 Å². The molecule has 202 valence electrons. The molecule has 1 aromatic carbocycles. The summed E-state index contributed by atoms with van der Waals surface area (Å²) in [4.78, 5) is 27.8. The molecule has 5 heterocycles. The highest BCUT2D eigenvalue weighted by Crippen LogP contribution is 2.24. The fourth-order valence-electron chi connectivity index (χ4n) is 5.10. The molecule has 0 radical (unpaired) electrons. The minimum atomic E-state index is -1.04. The summed E-state index contributed by atoms with van der Waals surface area (Å²) >= 11 is 6.00. The van der Waals surface area contributed by atoms with Crippen LogP contribution in [-0.4, -0.2) is 67.4 Å². The summed E-state index contributed by atoms with van der Waals surface area (Å²) in [6.45, 7) is 3.78. The lowest BCUT2D eigenvalue weighted by molar-refractivity contribution is -0.0593. The number of benzene rings is 1. The fraction of sp³-hybridized carbons (Fsp3) is 0.379. The molecule has 0 saturated carbocycles. The van der Waals surface area contributed by atoms with Gasteiger partial charge >= 0.3 is 5.97 Å². The highest BCUT2D eigenvalue weighted by molar-refractivity contribution is 6.30. The van der Waals surface area contributed by atoms with Gasteiger partial charge in [0.05, 0.1) is 19.2 Å². The summed E-state index contributed by atoms with van der Waals surface area (Å²) in [5.41, 5.74) is 3.44. The molecule has 0 amide bonds. The van der Waals surface area contributed by atoms with Gasteiger partial charge in [-0.25, -0.2) is 19.7 Å². The molecule has 0 unspecified atom stereocenters. The van der Waals surface area contributed by atoms with Crippen molar-refractivity contribution in [2.45, 2.75) is 51.0 Å². The molecule has 4 aromatic rings. The number of piperidine rings is 1. The standard InChI is InChI=1S/C29H30ClN5O4/c30-20-6-4-19(5-7-20)16-21-2-1-3-27(31-21)39-22-10-13-34(14-11-22)18-26-32-24-8-9-25(29(36)37)33-28(24)35(26)17-23-12-15-38-23/h1-9,22-23H,10-18H2,(H,36,37)/t23-/m0/s1. The second kappa shape index (κ2) is 11.3. The maximum Gasteiger partial charge on any atom is 0.354 e. The Morgan fingerprint density at radius 1 is 1.03 bits per heavy atom. The lowest BCUT2D eigenvalue weighted by atomic mass is 10.1. The van der Waals surface area contributed by atoms with E-state index in [1.807, 2.05) is 47.0 Å². The summed E-state index contributed by atoms with van der Waals surface area (Å²) in [7, 11) is 0. The first-order chi connectivity index (χ1) is 19.0. The second-order valence-electron chi connectivity index (χ2n) is 10.1. The summed E-state index contributed by atoms with van der Waals surface area (Å²) in [5, 5.41) is 10.1. The van der Waals surface area contributed by atoms with Crippen molar-refractivity contribution in [3.8, 4) is 5.88 Å². The van der Waals surface area contributed by atoms with Gasteiger partial charge in [-0.3, -0.25) is 4.90 Å². The van der Waals surface area contributed by atoms with Crippen LogP contribution in [0.25, 0.3) is 11.2 Å². The molecule has 1 N–H and O–H groups in total. The molecule has 6 rings (SSSR count). The summed E-state index contributed by atoms with van der Waals surface area (Å²) in [6.07, 6.45) is 3.69. The van der Waals surface area contributed by atoms with Crippen LogP contribution in [0, 0.1) is 0 Å². The first-order valence-corrected chi connectivity index (χ1v) is 13.7. The second-order valence-corrected chi connectivity index (χ2v) is 10.6. The number of fused-ring (bicyclic) bond motifs is 1. The Morgan fingerprint density at radius 3 is 2.54 bits per heavy atom. The molecule has 2 fully saturated rings. The predicted octanol–water partition coefficient (Wildman–Crippen LogP) is 4.60. The topological polar surface area (TPSA) is 103 Å². The van der Waals surface area contributed by atoms with Gasteiger partial charge in [-0.15, -0.1) is 0 Å². The monoisotopic (exact) mass is 547 g/mol. The number of carboxylic acids is 1. The van der Waals surface area contributed by atoms with Crippen LogP contribution in [-0.2, 0) is 24.2 Å². The number of likely N-dealkylation sites (tertiary alicyclic amines) is 1. The molecule has 0 spiro atoms. The minimum Gasteiger partial charge on any atom is -0.477 e. The molecule has 2 aliphatic heterocycles. The summed E-state index contributed by atoms with van der Waals surface area (Å²) < 4.78 is 14.0. The number of rotatable bonds is 9. The normalized spacial score (nSPS) is 18.2. The molecule has 1 atom stereocenters. The van der Waals surface area contributed by atoms with Crippen LogP contribution in [0.5, 0.6) is 5.88 Å². The molecule has 2 aliphatic rings. The van der Waals surface area contributed by atoms with Gasteiger partial charge in [0.1, 0.15) is 17.4 Å². The van der Waals surface area contributed by atoms with Crippen LogP contribution in [0.2, 0.25) is 5.02 Å². The molecule has 0 bridgehead atoms. The molecular weight excluding hydrogens is 518 g/mol. The number of hydrogen-bond donors (Lipinski definition) is 1. The first kappa shape index (κ1) is 25.7. The van der Waals surface area contributed by atoms with Gasteiger partial charge in [-0.1, -0.05) is 29.8 Å². The third-order valence-corrected chi connectivity index (χ3v) is 7.59. The third-order valence-electron chi connectivity index (χ3n) is 7.34. The van der Waals surface area contributed by atoms with E-state index in [1.54, 1.807) is 6.07 Å². The Labute approximate surface area is 231 Å². The Hall–Kier alpha value is -3.53. The Bertz CT molecular complexity index is 1460. The van der Waals surface area contributed by atoms with Crippen molar-refractivity contribution in [1.29, 1.82) is 0 Å². The highest BCUT2D eigenvalue weighted by Gasteiger charge is 2.26. The third kappa shape index (κ3) is 6.06. The van der Waals surface area contributed by atoms with Crippen LogP contribution in [0.4, 0.5) is 0 Å². The number of hydrogen-bond acceptors (Lipinski definition) is 7. The van der Waals surface area contributed by atoms with Gasteiger partial charge < -0.3 is 19.1 Å². The molecule has 3 aromatic heterocycles. The van der Waals surface area contributed by atoms with Gasteiger partial charge in [0.2, 0.25) is 5.88 Å². The predicted molar refractivity (Wildman–Crippen MR) is 146 cm³/mol. The minimum absolute atomic E-state index is 0.0218. The van der Waals surface area contributed by atoms with Crippen LogP contribution < -0.4 is 4.74 Å². The van der Waals surface area contributed by atoms with E-state index in [2.05, 4.69) is 9.88 Å². The molecule has 0 aliphatic carbocycles. The van der Waals surface area contributed by atoms with Gasteiger partial charge in [-0.05, 0) is 55.2 Å². The first-order valence-electron chi connectivity index (χ1n) is 13.3. The SMILES string of the molecule is O=C(O)c1ccc2nc(CN3CCC(Oc4cccc(Cc5ccc(Cl)cc5)n4)CC3)n(C[C@@H]3CCO3)c2n1. The lowest BCUT2D eigenvalue weighted by Crippen LogP contribution is -2.39. The van der Waals surface area contributed by atoms with E-state index in [9.17, 15) is 9.90 Å². The Balaban J connectivity index is 1.09. The van der Waals surface area contributed by atoms with E-state index in [4.69, 9.17) is 31.0 Å². The molecule has 10 heteroatoms. The molecule has 2 saturated heterocycles. The molecule has 9 nitrogen and oxygen atoms in total. The van der Waals surface area contributed by atoms with Crippen LogP contribution in [0.3, 0.4) is 0 Å². The fourth-order valence-corrected chi connectivity index (χ4v) is 5.23. The van der Waals surface area contributed by atoms with Gasteiger partial charge in [-0.2, -0.15) is 0 Å². The van der Waals surface area contributed by atoms with E-state index in [-0.39, 0.29) is 17.9 Å². The zero-order chi connectivity index (χ0) is 26.8. The number of aromatic carboxylic acids is 1. The van der Waals surface area contributed by atoms with Crippen LogP contribution in [0.1, 0.15) is 46.8 Å². The molecule has 39 heavy (non-hydrogen) atoms. The van der Waals surface area contributed by atoms with Gasteiger partial charge in [0, 0.05) is 42.9 Å². The smallest absolute Gasteiger partial charge is 0.354 e. The van der Waals surface area contributed by atoms with E-state index in [1.165, 1.54) is 6.07 Å². The molecular formula is C29H30ClN5O4. The van der Waals surface area contributed by atoms with Crippen molar-refractivity contribution in [3.05, 3.63) is 82.4 Å². The number of halogens is 1. The number of nitrogens with zero attached hydrogens (tertiary/aromatic N) is 5. The van der Waals surface area contributed by atoms with E-state index in [0.29, 0.717) is 30.1 Å². The van der Waals surface area contributed by atoms with Gasteiger partial charge in [0.15, 0.2) is 11.3 Å². The average Bonchev–Trinajstić information content (AvgIpc) is 3.25. The number of aromatic nitrogens is 4. The van der Waals surface area contributed by atoms with Crippen molar-refractivity contribution >= 4 is 28.7 Å². The zero-order valence-corrected chi connectivity index (χ0v) is 22.3. The maximum atomic E-state index is 11.5. The number of carboxylic acid groups (broad SMARTS) is 1. The quantitative estimate of drug-likeness (QED) is 0.324. The van der Waals surface area contributed by atoms with E-state index >= 15 is 0 Å². The maximum absolute atomic E-state index is 11.5. The Kier molecular flexibility index (Phi) is 7.45. The van der Waals surface area contributed by atoms with E-state index < -0.39 is 5.97 Å². The summed E-state index contributed by atoms with van der Waals surface area (Å²) in [5.74, 6) is 0.493. The van der Waals surface area contributed by atoms with Crippen molar-refractivity contribution in [1.82, 2.24) is 24.4 Å². The van der Waals surface area contributed by atoms with E-state index in [0.717, 1.165) is 67.5 Å². The average molecular weight is 548 g/mol. The Morgan fingerprint density at radius 2 is 1.82 bits per heavy atom. The number of imidazole rings is 1. The lowest BCUT2D eigenvalue weighted by Gasteiger charge is -2.32. The zero-order valence-electron chi connectivity index (χ0n) is 21.5.